The van der Waals surface area contributed by atoms with E-state index in [1.165, 1.54) is 0 Å². The van der Waals surface area contributed by atoms with E-state index in [1.54, 1.807) is 4.90 Å². The number of aryl methyl sites for hydroxylation is 2. The molecule has 1 fully saturated rings. The monoisotopic (exact) mass is 469 g/mol. The van der Waals surface area contributed by atoms with Crippen LogP contribution in [0.2, 0.25) is 0 Å². The molecule has 3 rings (SSSR count). The highest BCUT2D eigenvalue weighted by molar-refractivity contribution is 5.91. The lowest BCUT2D eigenvalue weighted by Crippen LogP contribution is -2.57. The largest absolute Gasteiger partial charge is 0.391 e. The van der Waals surface area contributed by atoms with Gasteiger partial charge in [0.25, 0.3) is 0 Å². The number of hydrogen-bond acceptors (Lipinski definition) is 5. The van der Waals surface area contributed by atoms with Gasteiger partial charge < -0.3 is 20.6 Å². The highest BCUT2D eigenvalue weighted by Crippen LogP contribution is 2.27. The average Bonchev–Trinajstić information content (AvgIpc) is 3.31. The van der Waals surface area contributed by atoms with Crippen molar-refractivity contribution in [2.24, 2.45) is 5.41 Å². The number of rotatable bonds is 7. The Morgan fingerprint density at radius 2 is 1.85 bits per heavy atom. The lowest BCUT2D eigenvalue weighted by atomic mass is 9.85. The first-order chi connectivity index (χ1) is 15.9. The molecular weight excluding hydrogens is 430 g/mol. The summed E-state index contributed by atoms with van der Waals surface area (Å²) in [6.45, 7) is 14.5. The number of carbonyl (C=O) groups is 2. The molecule has 1 aromatic heterocycles. The van der Waals surface area contributed by atoms with E-state index < -0.39 is 18.2 Å². The summed E-state index contributed by atoms with van der Waals surface area (Å²) in [7, 11) is 0. The summed E-state index contributed by atoms with van der Waals surface area (Å²) in [5.74, 6) is -0.388. The minimum atomic E-state index is -0.708. The smallest absolute Gasteiger partial charge is 0.243 e. The molecule has 0 spiro atoms. The number of aromatic nitrogens is 2. The molecule has 186 valence electrons. The molecule has 0 bridgehead atoms. The van der Waals surface area contributed by atoms with E-state index in [4.69, 9.17) is 0 Å². The molecule has 2 amide bonds. The summed E-state index contributed by atoms with van der Waals surface area (Å²) >= 11 is 0. The van der Waals surface area contributed by atoms with Gasteiger partial charge in [-0.3, -0.25) is 14.7 Å². The van der Waals surface area contributed by atoms with E-state index in [0.29, 0.717) is 6.54 Å². The van der Waals surface area contributed by atoms with Gasteiger partial charge in [-0.2, -0.15) is 5.10 Å². The number of aliphatic hydroxyl groups is 1. The van der Waals surface area contributed by atoms with Crippen LogP contribution < -0.4 is 10.6 Å². The summed E-state index contributed by atoms with van der Waals surface area (Å²) < 4.78 is 0. The fourth-order valence-corrected chi connectivity index (χ4v) is 4.57. The van der Waals surface area contributed by atoms with Crippen LogP contribution >= 0.6 is 0 Å². The predicted octanol–water partition coefficient (Wildman–Crippen LogP) is 2.68. The number of β-amino-alcohol motifs (C(OH)–C–C–N with tert-alkyl or cyclic N) is 1. The van der Waals surface area contributed by atoms with Crippen LogP contribution in [0.4, 0.5) is 0 Å². The second kappa shape index (κ2) is 10.3. The van der Waals surface area contributed by atoms with E-state index in [9.17, 15) is 14.7 Å². The number of H-pyrrole nitrogens is 1. The molecule has 1 aromatic carbocycles. The fourth-order valence-electron chi connectivity index (χ4n) is 4.57. The Morgan fingerprint density at radius 3 is 2.38 bits per heavy atom. The van der Waals surface area contributed by atoms with E-state index in [-0.39, 0.29) is 36.2 Å². The Morgan fingerprint density at radius 1 is 1.21 bits per heavy atom. The number of nitrogens with zero attached hydrogens (tertiary/aromatic N) is 2. The molecule has 1 aliphatic rings. The quantitative estimate of drug-likeness (QED) is 0.498. The molecule has 3 atom stereocenters. The number of hydrogen-bond donors (Lipinski definition) is 4. The molecule has 4 N–H and O–H groups in total. The molecule has 34 heavy (non-hydrogen) atoms. The fraction of sp³-hybridized carbons (Fsp3) is 0.577. The molecule has 1 aliphatic heterocycles. The van der Waals surface area contributed by atoms with Gasteiger partial charge in [0.1, 0.15) is 6.04 Å². The van der Waals surface area contributed by atoms with Crippen molar-refractivity contribution in [2.75, 3.05) is 6.54 Å². The highest BCUT2D eigenvalue weighted by atomic mass is 16.3. The Bertz CT molecular complexity index is 987. The van der Waals surface area contributed by atoms with Gasteiger partial charge in [0.2, 0.25) is 11.8 Å². The second-order valence-corrected chi connectivity index (χ2v) is 10.7. The Labute approximate surface area is 202 Å². The van der Waals surface area contributed by atoms with E-state index in [1.807, 2.05) is 72.7 Å². The summed E-state index contributed by atoms with van der Waals surface area (Å²) in [5.41, 5.74) is 4.76. The van der Waals surface area contributed by atoms with E-state index in [0.717, 1.165) is 28.1 Å². The van der Waals surface area contributed by atoms with Gasteiger partial charge in [-0.15, -0.1) is 0 Å². The molecule has 0 unspecified atom stereocenters. The number of likely N-dealkylation sites (tertiary alicyclic amines) is 1. The van der Waals surface area contributed by atoms with Crippen molar-refractivity contribution >= 4 is 11.8 Å². The summed E-state index contributed by atoms with van der Waals surface area (Å²) in [5, 5.41) is 23.8. The molecule has 0 saturated carbocycles. The first-order valence-electron chi connectivity index (χ1n) is 12.0. The topological polar surface area (TPSA) is 110 Å². The molecule has 0 radical (unpaired) electrons. The number of carbonyl (C=O) groups excluding carboxylic acids is 2. The van der Waals surface area contributed by atoms with Crippen LogP contribution in [0.1, 0.15) is 58.0 Å². The highest BCUT2D eigenvalue weighted by Gasteiger charge is 2.43. The van der Waals surface area contributed by atoms with Crippen LogP contribution in [0, 0.1) is 19.3 Å². The third-order valence-electron chi connectivity index (χ3n) is 6.32. The van der Waals surface area contributed by atoms with Gasteiger partial charge in [-0.05, 0) is 30.4 Å². The standard InChI is InChI=1S/C26H39N5O3/c1-15(2)28-23(26(5,6)7)25(34)31-14-20(32)12-21(31)24(33)27-13-18-8-10-19(11-9-18)22-16(3)29-30-17(22)4/h8-11,15,20-21,23,28,32H,12-14H2,1-7H3,(H,27,33)(H,29,30)/t20-,21+,23-/m1/s1. The van der Waals surface area contributed by atoms with Gasteiger partial charge in [-0.1, -0.05) is 58.9 Å². The van der Waals surface area contributed by atoms with E-state index >= 15 is 0 Å². The summed E-state index contributed by atoms with van der Waals surface area (Å²) in [4.78, 5) is 28.0. The first kappa shape index (κ1) is 25.9. The summed E-state index contributed by atoms with van der Waals surface area (Å²) in [6.07, 6.45) is -0.464. The SMILES string of the molecule is Cc1n[nH]c(C)c1-c1ccc(CNC(=O)[C@@H]2C[C@@H](O)CN2C(=O)[C@@H](NC(C)C)C(C)(C)C)cc1. The zero-order chi connectivity index (χ0) is 25.2. The van der Waals surface area contributed by atoms with Gasteiger partial charge in [0.15, 0.2) is 0 Å². The zero-order valence-electron chi connectivity index (χ0n) is 21.4. The Balaban J connectivity index is 1.68. The molecule has 0 aliphatic carbocycles. The average molecular weight is 470 g/mol. The minimum Gasteiger partial charge on any atom is -0.391 e. The number of nitrogens with one attached hydrogen (secondary N) is 3. The van der Waals surface area contributed by atoms with Crippen LogP contribution in [0.3, 0.4) is 0 Å². The van der Waals surface area contributed by atoms with Gasteiger partial charge in [-0.25, -0.2) is 0 Å². The van der Waals surface area contributed by atoms with Crippen LogP contribution in [-0.4, -0.2) is 62.8 Å². The van der Waals surface area contributed by atoms with Crippen LogP contribution in [-0.2, 0) is 16.1 Å². The maximum absolute atomic E-state index is 13.4. The molecule has 8 nitrogen and oxygen atoms in total. The van der Waals surface area contributed by atoms with Crippen LogP contribution in [0.15, 0.2) is 24.3 Å². The van der Waals surface area contributed by atoms with Gasteiger partial charge >= 0.3 is 0 Å². The lowest BCUT2D eigenvalue weighted by molar-refractivity contribution is -0.142. The molecule has 2 aromatic rings. The molecule has 8 heteroatoms. The number of aliphatic hydroxyl groups excluding tert-OH is 1. The number of benzene rings is 1. The number of amides is 2. The van der Waals surface area contributed by atoms with Crippen LogP contribution in [0.25, 0.3) is 11.1 Å². The Hall–Kier alpha value is -2.71. The van der Waals surface area contributed by atoms with Crippen molar-refractivity contribution in [1.82, 2.24) is 25.7 Å². The van der Waals surface area contributed by atoms with Gasteiger partial charge in [0, 0.05) is 36.8 Å². The van der Waals surface area contributed by atoms with Crippen molar-refractivity contribution in [2.45, 2.75) is 85.7 Å². The third kappa shape index (κ3) is 5.85. The van der Waals surface area contributed by atoms with Crippen molar-refractivity contribution in [3.63, 3.8) is 0 Å². The van der Waals surface area contributed by atoms with Crippen molar-refractivity contribution < 1.29 is 14.7 Å². The van der Waals surface area contributed by atoms with Crippen molar-refractivity contribution in [1.29, 1.82) is 0 Å². The normalized spacial score (nSPS) is 19.5. The van der Waals surface area contributed by atoms with Crippen molar-refractivity contribution in [3.8, 4) is 11.1 Å². The number of aromatic amines is 1. The predicted molar refractivity (Wildman–Crippen MR) is 133 cm³/mol. The zero-order valence-corrected chi connectivity index (χ0v) is 21.4. The van der Waals surface area contributed by atoms with E-state index in [2.05, 4.69) is 20.8 Å². The molecule has 1 saturated heterocycles. The second-order valence-electron chi connectivity index (χ2n) is 10.7. The maximum atomic E-state index is 13.4. The lowest BCUT2D eigenvalue weighted by Gasteiger charge is -2.36. The van der Waals surface area contributed by atoms with Crippen molar-refractivity contribution in [3.05, 3.63) is 41.2 Å². The Kier molecular flexibility index (Phi) is 7.83. The van der Waals surface area contributed by atoms with Gasteiger partial charge in [0.05, 0.1) is 17.8 Å². The maximum Gasteiger partial charge on any atom is 0.243 e. The molecule has 2 heterocycles. The van der Waals surface area contributed by atoms with Crippen LogP contribution in [0.5, 0.6) is 0 Å². The summed E-state index contributed by atoms with van der Waals surface area (Å²) in [6, 6.07) is 6.99. The minimum absolute atomic E-state index is 0.116. The first-order valence-corrected chi connectivity index (χ1v) is 12.0. The third-order valence-corrected chi connectivity index (χ3v) is 6.32. The molecular formula is C26H39N5O3.